The molecular formula is C30H26ClF3N4O5. The van der Waals surface area contributed by atoms with Gasteiger partial charge in [-0.25, -0.2) is 19.3 Å². The highest BCUT2D eigenvalue weighted by Crippen LogP contribution is 2.36. The smallest absolute Gasteiger partial charge is 0.434 e. The van der Waals surface area contributed by atoms with Crippen LogP contribution in [0, 0.1) is 0 Å². The molecule has 0 spiro atoms. The van der Waals surface area contributed by atoms with Gasteiger partial charge < -0.3 is 19.5 Å². The van der Waals surface area contributed by atoms with Gasteiger partial charge in [-0.15, -0.1) is 0 Å². The van der Waals surface area contributed by atoms with Gasteiger partial charge in [0.25, 0.3) is 0 Å². The molecule has 1 aliphatic rings. The first-order chi connectivity index (χ1) is 20.6. The van der Waals surface area contributed by atoms with Crippen LogP contribution in [0.1, 0.15) is 45.9 Å². The average molecular weight is 615 g/mol. The zero-order valence-corrected chi connectivity index (χ0v) is 23.6. The van der Waals surface area contributed by atoms with E-state index in [1.807, 2.05) is 18.2 Å². The zero-order chi connectivity index (χ0) is 30.7. The molecule has 43 heavy (non-hydrogen) atoms. The Labute approximate surface area is 249 Å². The summed E-state index contributed by atoms with van der Waals surface area (Å²) in [5.74, 6) is -1.27. The molecule has 3 heterocycles. The number of ether oxygens (including phenoxy) is 2. The predicted molar refractivity (Wildman–Crippen MR) is 150 cm³/mol. The maximum absolute atomic E-state index is 13.8. The van der Waals surface area contributed by atoms with Crippen molar-refractivity contribution in [2.24, 2.45) is 0 Å². The Hall–Kier alpha value is -4.58. The number of aromatic nitrogens is 3. The fourth-order valence-corrected chi connectivity index (χ4v) is 5.30. The fraction of sp³-hybridized carbons (Fsp3) is 0.267. The van der Waals surface area contributed by atoms with E-state index < -0.39 is 23.4 Å². The normalized spacial score (nSPS) is 14.0. The maximum Gasteiger partial charge on any atom is 0.434 e. The minimum atomic E-state index is -4.97. The van der Waals surface area contributed by atoms with Crippen LogP contribution in [0.15, 0.2) is 66.9 Å². The Kier molecular flexibility index (Phi) is 8.58. The van der Waals surface area contributed by atoms with Crippen molar-refractivity contribution in [1.29, 1.82) is 0 Å². The molecule has 2 aromatic carbocycles. The van der Waals surface area contributed by atoms with E-state index >= 15 is 0 Å². The summed E-state index contributed by atoms with van der Waals surface area (Å²) in [5.41, 5.74) is 0.213. The molecule has 1 amide bonds. The Morgan fingerprint density at radius 2 is 1.81 bits per heavy atom. The quantitative estimate of drug-likeness (QED) is 0.243. The number of alkyl halides is 3. The molecule has 0 bridgehead atoms. The van der Waals surface area contributed by atoms with Crippen molar-refractivity contribution in [2.75, 3.05) is 20.2 Å². The lowest BCUT2D eigenvalue weighted by molar-refractivity contribution is -0.143. The van der Waals surface area contributed by atoms with Gasteiger partial charge >= 0.3 is 18.2 Å². The van der Waals surface area contributed by atoms with E-state index in [1.54, 1.807) is 35.2 Å². The molecule has 5 rings (SSSR count). The van der Waals surface area contributed by atoms with Crippen LogP contribution in [0.5, 0.6) is 5.75 Å². The van der Waals surface area contributed by atoms with Crippen molar-refractivity contribution < 1.29 is 37.3 Å². The molecule has 1 fully saturated rings. The number of piperidine rings is 1. The number of pyridine rings is 1. The maximum atomic E-state index is 13.8. The topological polar surface area (TPSA) is 107 Å². The van der Waals surface area contributed by atoms with Gasteiger partial charge in [0, 0.05) is 29.2 Å². The molecule has 4 aromatic rings. The van der Waals surface area contributed by atoms with Crippen molar-refractivity contribution in [3.8, 4) is 22.8 Å². The Bertz CT molecular complexity index is 1650. The van der Waals surface area contributed by atoms with E-state index in [-0.39, 0.29) is 24.4 Å². The predicted octanol–water partition coefficient (Wildman–Crippen LogP) is 6.83. The van der Waals surface area contributed by atoms with Crippen LogP contribution in [0.25, 0.3) is 17.1 Å². The number of carboxylic acid groups (broad SMARTS) is 1. The van der Waals surface area contributed by atoms with E-state index in [0.29, 0.717) is 46.0 Å². The lowest BCUT2D eigenvalue weighted by Gasteiger charge is -2.31. The molecule has 13 heteroatoms. The molecule has 2 aromatic heterocycles. The number of aromatic carboxylic acids is 1. The molecule has 0 radical (unpaired) electrons. The summed E-state index contributed by atoms with van der Waals surface area (Å²) in [7, 11) is 1.37. The summed E-state index contributed by atoms with van der Waals surface area (Å²) in [6.07, 6.45) is -3.07. The lowest BCUT2D eigenvalue weighted by Crippen LogP contribution is -2.37. The number of carbonyl (C=O) groups excluding carboxylic acids is 1. The van der Waals surface area contributed by atoms with Crippen molar-refractivity contribution in [3.63, 3.8) is 0 Å². The highest BCUT2D eigenvalue weighted by Gasteiger charge is 2.41. The highest BCUT2D eigenvalue weighted by molar-refractivity contribution is 6.31. The molecular weight excluding hydrogens is 589 g/mol. The number of benzene rings is 2. The number of hydrogen-bond acceptors (Lipinski definition) is 6. The summed E-state index contributed by atoms with van der Waals surface area (Å²) in [6.45, 7) is 1.32. The van der Waals surface area contributed by atoms with E-state index in [0.717, 1.165) is 24.0 Å². The van der Waals surface area contributed by atoms with Gasteiger partial charge in [0.05, 0.1) is 19.0 Å². The molecule has 1 aliphatic heterocycles. The molecule has 224 valence electrons. The highest BCUT2D eigenvalue weighted by atomic mass is 35.5. The monoisotopic (exact) mass is 614 g/mol. The van der Waals surface area contributed by atoms with Crippen LogP contribution in [-0.2, 0) is 17.5 Å². The summed E-state index contributed by atoms with van der Waals surface area (Å²) >= 11 is 6.62. The summed E-state index contributed by atoms with van der Waals surface area (Å²) in [6, 6.07) is 17.1. The Morgan fingerprint density at radius 3 is 2.49 bits per heavy atom. The van der Waals surface area contributed by atoms with Gasteiger partial charge in [0.15, 0.2) is 11.5 Å². The minimum absolute atomic E-state index is 0.121. The summed E-state index contributed by atoms with van der Waals surface area (Å²) in [4.78, 5) is 29.2. The minimum Gasteiger partial charge on any atom is -0.488 e. The van der Waals surface area contributed by atoms with Gasteiger partial charge in [-0.2, -0.15) is 18.3 Å². The largest absolute Gasteiger partial charge is 0.488 e. The first kappa shape index (κ1) is 29.9. The number of carbonyl (C=O) groups is 2. The molecule has 1 N–H and O–H groups in total. The second-order valence-corrected chi connectivity index (χ2v) is 10.3. The van der Waals surface area contributed by atoms with Gasteiger partial charge in [-0.3, -0.25) is 0 Å². The second-order valence-electron chi connectivity index (χ2n) is 9.87. The van der Waals surface area contributed by atoms with Crippen LogP contribution in [-0.4, -0.2) is 57.0 Å². The first-order valence-electron chi connectivity index (χ1n) is 13.3. The van der Waals surface area contributed by atoms with Crippen molar-refractivity contribution in [2.45, 2.75) is 31.5 Å². The number of rotatable bonds is 7. The number of para-hydroxylation sites is 1. The van der Waals surface area contributed by atoms with E-state index in [9.17, 15) is 27.9 Å². The number of likely N-dealkylation sites (tertiary alicyclic amines) is 1. The van der Waals surface area contributed by atoms with Crippen LogP contribution in [0.3, 0.4) is 0 Å². The van der Waals surface area contributed by atoms with Gasteiger partial charge in [0.1, 0.15) is 17.9 Å². The Balaban J connectivity index is 1.34. The molecule has 0 atom stereocenters. The van der Waals surface area contributed by atoms with E-state index in [1.165, 1.54) is 19.2 Å². The molecule has 1 saturated heterocycles. The first-order valence-corrected chi connectivity index (χ1v) is 13.6. The van der Waals surface area contributed by atoms with Crippen LogP contribution in [0.2, 0.25) is 5.02 Å². The van der Waals surface area contributed by atoms with E-state index in [4.69, 9.17) is 21.1 Å². The van der Waals surface area contributed by atoms with Crippen molar-refractivity contribution in [1.82, 2.24) is 19.7 Å². The van der Waals surface area contributed by atoms with Crippen LogP contribution >= 0.6 is 11.6 Å². The van der Waals surface area contributed by atoms with Crippen molar-refractivity contribution in [3.05, 3.63) is 94.3 Å². The van der Waals surface area contributed by atoms with Crippen molar-refractivity contribution >= 4 is 23.7 Å². The standard InChI is InChI=1S/C30H26ClF3N4O5/c1-42-29(41)37-13-11-18(12-14-37)19-9-10-20(23(31)15-19)17-43-25-7-3-2-5-21(25)24-6-4-8-26(36-24)38-27(30(32,33)34)22(16-35-38)28(39)40/h2-10,15-16,18H,11-14,17H2,1H3,(H,39,40). The third kappa shape index (κ3) is 6.43. The van der Waals surface area contributed by atoms with Gasteiger partial charge in [0.2, 0.25) is 0 Å². The number of carboxylic acids is 1. The van der Waals surface area contributed by atoms with Gasteiger partial charge in [-0.05, 0) is 54.7 Å². The molecule has 0 aliphatic carbocycles. The summed E-state index contributed by atoms with van der Waals surface area (Å²) in [5, 5.41) is 13.4. The number of nitrogens with zero attached hydrogens (tertiary/aromatic N) is 4. The van der Waals surface area contributed by atoms with E-state index in [2.05, 4.69) is 10.1 Å². The molecule has 0 saturated carbocycles. The fourth-order valence-electron chi connectivity index (χ4n) is 5.06. The molecule has 0 unspecified atom stereocenters. The van der Waals surface area contributed by atoms with Gasteiger partial charge in [-0.1, -0.05) is 41.9 Å². The number of halogens is 4. The Morgan fingerprint density at radius 1 is 1.07 bits per heavy atom. The van der Waals surface area contributed by atoms with Crippen LogP contribution < -0.4 is 4.74 Å². The molecule has 9 nitrogen and oxygen atoms in total. The second kappa shape index (κ2) is 12.3. The third-order valence-corrected chi connectivity index (χ3v) is 7.59. The third-order valence-electron chi connectivity index (χ3n) is 7.24. The number of amides is 1. The van der Waals surface area contributed by atoms with Crippen LogP contribution in [0.4, 0.5) is 18.0 Å². The average Bonchev–Trinajstić information content (AvgIpc) is 3.47. The number of hydrogen-bond donors (Lipinski definition) is 1. The zero-order valence-electron chi connectivity index (χ0n) is 22.8. The number of methoxy groups -OCH3 is 1. The summed E-state index contributed by atoms with van der Waals surface area (Å²) < 4.78 is 52.6. The lowest BCUT2D eigenvalue weighted by atomic mass is 9.89. The SMILES string of the molecule is COC(=O)N1CCC(c2ccc(COc3ccccc3-c3cccc(-n4ncc(C(=O)O)c4C(F)(F)F)n3)c(Cl)c2)CC1.